The van der Waals surface area contributed by atoms with Gasteiger partial charge in [-0.15, -0.1) is 0 Å². The Balaban J connectivity index is 3.56. The minimum absolute atomic E-state index is 0.290. The van der Waals surface area contributed by atoms with E-state index in [-0.39, 0.29) is 5.02 Å². The van der Waals surface area contributed by atoms with Gasteiger partial charge < -0.3 is 0 Å². The monoisotopic (exact) mass is 222 g/mol. The van der Waals surface area contributed by atoms with Crippen LogP contribution in [0.2, 0.25) is 5.02 Å². The molecule has 0 heterocycles. The van der Waals surface area contributed by atoms with Crippen LogP contribution in [0.4, 0.5) is 11.4 Å². The van der Waals surface area contributed by atoms with Gasteiger partial charge in [0.2, 0.25) is 12.2 Å². The van der Waals surface area contributed by atoms with Gasteiger partial charge in [-0.2, -0.15) is 9.98 Å². The van der Waals surface area contributed by atoms with Gasteiger partial charge in [0.1, 0.15) is 0 Å². The first-order chi connectivity index (χ1) is 7.11. The number of aryl methyl sites for hydroxylation is 1. The predicted octanol–water partition coefficient (Wildman–Crippen LogP) is 2.89. The molecule has 0 aliphatic carbocycles. The lowest BCUT2D eigenvalue weighted by Gasteiger charge is -2.07. The minimum atomic E-state index is 0.290. The first-order valence-corrected chi connectivity index (χ1v) is 4.45. The molecule has 0 aliphatic rings. The number of aliphatic imine (C=N–C) groups is 2. The highest BCUT2D eigenvalue weighted by molar-refractivity contribution is 6.34. The van der Waals surface area contributed by atoms with Crippen molar-refractivity contribution in [3.05, 3.63) is 22.2 Å². The highest BCUT2D eigenvalue weighted by Crippen LogP contribution is 2.36. The van der Waals surface area contributed by atoms with Crippen molar-refractivity contribution in [3.63, 3.8) is 0 Å². The zero-order valence-corrected chi connectivity index (χ0v) is 8.92. The fourth-order valence-electron chi connectivity index (χ4n) is 1.28. The molecule has 1 rings (SSSR count). The highest BCUT2D eigenvalue weighted by atomic mass is 35.5. The van der Waals surface area contributed by atoms with Crippen LogP contribution in [0.15, 0.2) is 16.1 Å². The topological polar surface area (TPSA) is 58.9 Å². The van der Waals surface area contributed by atoms with Gasteiger partial charge in [0.05, 0.1) is 16.4 Å². The van der Waals surface area contributed by atoms with Gasteiger partial charge >= 0.3 is 0 Å². The second-order valence-electron chi connectivity index (χ2n) is 2.91. The second-order valence-corrected chi connectivity index (χ2v) is 3.28. The van der Waals surface area contributed by atoms with Crippen molar-refractivity contribution >= 4 is 35.1 Å². The van der Waals surface area contributed by atoms with Crippen LogP contribution in [0.25, 0.3) is 0 Å². The fourth-order valence-corrected chi connectivity index (χ4v) is 1.46. The van der Waals surface area contributed by atoms with Crippen LogP contribution in [0.5, 0.6) is 0 Å². The fraction of sp³-hybridized carbons (Fsp3) is 0.200. The van der Waals surface area contributed by atoms with Gasteiger partial charge in [-0.05, 0) is 31.0 Å². The lowest BCUT2D eigenvalue weighted by atomic mass is 10.1. The second kappa shape index (κ2) is 4.67. The molecular formula is C10H7ClN2O2. The van der Waals surface area contributed by atoms with Crippen LogP contribution in [-0.4, -0.2) is 12.2 Å². The SMILES string of the molecule is Cc1cc(N=C=O)c(Cl)c(C)c1N=C=O. The van der Waals surface area contributed by atoms with Crippen molar-refractivity contribution in [1.29, 1.82) is 0 Å². The summed E-state index contributed by atoms with van der Waals surface area (Å²) in [5, 5.41) is 0.290. The van der Waals surface area contributed by atoms with Crippen LogP contribution in [-0.2, 0) is 9.59 Å². The van der Waals surface area contributed by atoms with E-state index in [9.17, 15) is 9.59 Å². The molecule has 15 heavy (non-hydrogen) atoms. The normalized spacial score (nSPS) is 9.00. The van der Waals surface area contributed by atoms with Gasteiger partial charge in [0.15, 0.2) is 0 Å². The summed E-state index contributed by atoms with van der Waals surface area (Å²) in [6.45, 7) is 3.43. The van der Waals surface area contributed by atoms with Crippen molar-refractivity contribution < 1.29 is 9.59 Å². The molecular weight excluding hydrogens is 216 g/mol. The Morgan fingerprint density at radius 3 is 2.33 bits per heavy atom. The van der Waals surface area contributed by atoms with Gasteiger partial charge in [-0.3, -0.25) is 0 Å². The Hall–Kier alpha value is -1.73. The third kappa shape index (κ3) is 2.20. The Labute approximate surface area is 91.3 Å². The van der Waals surface area contributed by atoms with E-state index in [1.54, 1.807) is 19.9 Å². The molecule has 1 aromatic carbocycles. The maximum atomic E-state index is 10.2. The average molecular weight is 223 g/mol. The van der Waals surface area contributed by atoms with E-state index in [0.717, 1.165) is 0 Å². The molecule has 0 saturated carbocycles. The van der Waals surface area contributed by atoms with Gasteiger partial charge in [-0.1, -0.05) is 11.6 Å². The summed E-state index contributed by atoms with van der Waals surface area (Å²) in [6.07, 6.45) is 2.87. The third-order valence-corrected chi connectivity index (χ3v) is 2.44. The standard InChI is InChI=1S/C10H7ClN2O2/c1-6-3-8(12-4-14)9(11)7(2)10(6)13-5-15/h3H,1-2H3. The van der Waals surface area contributed by atoms with Crippen molar-refractivity contribution in [1.82, 2.24) is 0 Å². The van der Waals surface area contributed by atoms with Gasteiger partial charge in [0.25, 0.3) is 0 Å². The summed E-state index contributed by atoms with van der Waals surface area (Å²) in [6, 6.07) is 1.57. The van der Waals surface area contributed by atoms with Crippen LogP contribution in [0, 0.1) is 13.8 Å². The number of rotatable bonds is 2. The lowest BCUT2D eigenvalue weighted by Crippen LogP contribution is -1.83. The summed E-state index contributed by atoms with van der Waals surface area (Å²) in [7, 11) is 0. The van der Waals surface area contributed by atoms with Crippen molar-refractivity contribution in [3.8, 4) is 0 Å². The van der Waals surface area contributed by atoms with E-state index < -0.39 is 0 Å². The molecule has 0 bridgehead atoms. The van der Waals surface area contributed by atoms with E-state index in [0.29, 0.717) is 22.5 Å². The lowest BCUT2D eigenvalue weighted by molar-refractivity contribution is 0.564. The zero-order chi connectivity index (χ0) is 11.4. The summed E-state index contributed by atoms with van der Waals surface area (Å²) in [5.74, 6) is 0. The Morgan fingerprint density at radius 1 is 1.20 bits per heavy atom. The number of benzene rings is 1. The molecule has 0 aliphatic heterocycles. The number of hydrogen-bond donors (Lipinski definition) is 0. The molecule has 0 spiro atoms. The maximum absolute atomic E-state index is 10.2. The molecule has 0 saturated heterocycles. The Kier molecular flexibility index (Phi) is 3.53. The van der Waals surface area contributed by atoms with Gasteiger partial charge in [0, 0.05) is 0 Å². The summed E-state index contributed by atoms with van der Waals surface area (Å²) < 4.78 is 0. The molecule has 0 amide bonds. The number of nitrogens with zero attached hydrogens (tertiary/aromatic N) is 2. The molecule has 0 unspecified atom stereocenters. The highest BCUT2D eigenvalue weighted by Gasteiger charge is 2.10. The van der Waals surface area contributed by atoms with Crippen LogP contribution >= 0.6 is 11.6 Å². The molecule has 4 nitrogen and oxygen atoms in total. The van der Waals surface area contributed by atoms with Crippen LogP contribution in [0.3, 0.4) is 0 Å². The van der Waals surface area contributed by atoms with Crippen molar-refractivity contribution in [2.24, 2.45) is 9.98 Å². The van der Waals surface area contributed by atoms with Gasteiger partial charge in [-0.25, -0.2) is 9.59 Å². The molecule has 5 heteroatoms. The molecule has 1 aromatic rings. The first-order valence-electron chi connectivity index (χ1n) is 4.07. The Morgan fingerprint density at radius 2 is 1.80 bits per heavy atom. The summed E-state index contributed by atoms with van der Waals surface area (Å²) in [5.41, 5.74) is 2.08. The minimum Gasteiger partial charge on any atom is -0.211 e. The molecule has 76 valence electrons. The zero-order valence-electron chi connectivity index (χ0n) is 8.17. The van der Waals surface area contributed by atoms with E-state index >= 15 is 0 Å². The van der Waals surface area contributed by atoms with E-state index in [1.807, 2.05) is 0 Å². The number of halogens is 1. The predicted molar refractivity (Wildman–Crippen MR) is 56.5 cm³/mol. The van der Waals surface area contributed by atoms with E-state index in [2.05, 4.69) is 9.98 Å². The summed E-state index contributed by atoms with van der Waals surface area (Å²) >= 11 is 5.92. The average Bonchev–Trinajstić information content (AvgIpc) is 2.21. The molecule has 0 N–H and O–H groups in total. The third-order valence-electron chi connectivity index (χ3n) is 1.96. The van der Waals surface area contributed by atoms with E-state index in [4.69, 9.17) is 11.6 Å². The first kappa shape index (κ1) is 11.3. The number of isocyanates is 2. The number of hydrogen-bond acceptors (Lipinski definition) is 4. The van der Waals surface area contributed by atoms with E-state index in [1.165, 1.54) is 12.2 Å². The number of carbonyl (C=O) groups excluding carboxylic acids is 2. The smallest absolute Gasteiger partial charge is 0.211 e. The molecule has 0 atom stereocenters. The van der Waals surface area contributed by atoms with Crippen molar-refractivity contribution in [2.45, 2.75) is 13.8 Å². The molecule has 0 fully saturated rings. The largest absolute Gasteiger partial charge is 0.240 e. The van der Waals surface area contributed by atoms with Crippen molar-refractivity contribution in [2.75, 3.05) is 0 Å². The maximum Gasteiger partial charge on any atom is 0.240 e. The quantitative estimate of drug-likeness (QED) is 0.571. The van der Waals surface area contributed by atoms with Crippen LogP contribution in [0.1, 0.15) is 11.1 Å². The van der Waals surface area contributed by atoms with Crippen LogP contribution < -0.4 is 0 Å². The molecule has 0 radical (unpaired) electrons. The molecule has 0 aromatic heterocycles. The Bertz CT molecular complexity index is 499. The summed E-state index contributed by atoms with van der Waals surface area (Å²) in [4.78, 5) is 27.3.